The van der Waals surface area contributed by atoms with E-state index < -0.39 is 15.8 Å². The molecule has 0 fully saturated rings. The number of nitrogens with zero attached hydrogens (tertiary/aromatic N) is 1. The molecule has 0 atom stereocenters. The minimum atomic E-state index is -3.61. The maximum atomic E-state index is 12.5. The van der Waals surface area contributed by atoms with Gasteiger partial charge in [-0.15, -0.1) is 0 Å². The summed E-state index contributed by atoms with van der Waals surface area (Å²) in [6, 6.07) is 4.10. The molecule has 0 spiro atoms. The van der Waals surface area contributed by atoms with Gasteiger partial charge in [-0.2, -0.15) is 0 Å². The first kappa shape index (κ1) is 20.9. The lowest BCUT2D eigenvalue weighted by atomic mass is 9.98. The minimum Gasteiger partial charge on any atom is -0.497 e. The molecule has 0 aliphatic heterocycles. The smallest absolute Gasteiger partial charge is 0.335 e. The number of aliphatic imine (C=N–C) groups is 1. The second kappa shape index (κ2) is 8.80. The van der Waals surface area contributed by atoms with E-state index in [1.54, 1.807) is 13.1 Å². The molecule has 0 aromatic heterocycles. The van der Waals surface area contributed by atoms with Crippen LogP contribution >= 0.6 is 0 Å². The summed E-state index contributed by atoms with van der Waals surface area (Å²) in [6.07, 6.45) is 1.55. The number of ether oxygens (including phenoxy) is 1. The van der Waals surface area contributed by atoms with Crippen LogP contribution in [0.5, 0.6) is 0 Å². The highest BCUT2D eigenvalue weighted by atomic mass is 32.2. The summed E-state index contributed by atoms with van der Waals surface area (Å²) in [5, 5.41) is 9.17. The van der Waals surface area contributed by atoms with E-state index in [4.69, 9.17) is 4.74 Å². The molecule has 6 nitrogen and oxygen atoms in total. The average molecular weight is 367 g/mol. The number of carboxylic acids is 1. The average Bonchev–Trinajstić information content (AvgIpc) is 2.54. The fourth-order valence-corrected chi connectivity index (χ4v) is 3.36. The van der Waals surface area contributed by atoms with Crippen molar-refractivity contribution in [2.75, 3.05) is 12.4 Å². The largest absolute Gasteiger partial charge is 0.497 e. The molecule has 1 aromatic rings. The van der Waals surface area contributed by atoms with Crippen LogP contribution in [0.25, 0.3) is 0 Å². The second-order valence-electron chi connectivity index (χ2n) is 5.76. The summed E-state index contributed by atoms with van der Waals surface area (Å²) < 4.78 is 30.3. The van der Waals surface area contributed by atoms with E-state index in [1.165, 1.54) is 25.1 Å². The fourth-order valence-electron chi connectivity index (χ4n) is 2.23. The molecule has 0 amide bonds. The van der Waals surface area contributed by atoms with Crippen molar-refractivity contribution in [3.05, 3.63) is 41.3 Å². The Morgan fingerprint density at radius 1 is 1.32 bits per heavy atom. The van der Waals surface area contributed by atoms with Crippen LogP contribution in [-0.4, -0.2) is 37.6 Å². The van der Waals surface area contributed by atoms with Gasteiger partial charge in [0.05, 0.1) is 34.7 Å². The quantitative estimate of drug-likeness (QED) is 0.560. The molecule has 0 aliphatic rings. The van der Waals surface area contributed by atoms with Gasteiger partial charge in [-0.25, -0.2) is 13.2 Å². The van der Waals surface area contributed by atoms with Crippen LogP contribution in [0.4, 0.5) is 0 Å². The van der Waals surface area contributed by atoms with Crippen LogP contribution in [-0.2, 0) is 14.6 Å². The van der Waals surface area contributed by atoms with E-state index >= 15 is 0 Å². The lowest BCUT2D eigenvalue weighted by molar-refractivity contribution is 0.0696. The fraction of sp³-hybridized carbons (Fsp3) is 0.444. The molecule has 0 saturated carbocycles. The molecule has 1 N–H and O–H groups in total. The van der Waals surface area contributed by atoms with Crippen LogP contribution in [0, 0.1) is 5.92 Å². The SMILES string of the molecule is CCO/C(C)=C/N=C(/c1ccc(C(=O)O)cc1S(=O)(=O)CC)C(C)C. The van der Waals surface area contributed by atoms with Crippen molar-refractivity contribution in [3.63, 3.8) is 0 Å². The molecular formula is C18H25NO5S. The van der Waals surface area contributed by atoms with Crippen LogP contribution in [0.1, 0.15) is 50.5 Å². The zero-order chi connectivity index (χ0) is 19.2. The standard InChI is InChI=1S/C18H25NO5S/c1-6-24-13(5)11-19-17(12(3)4)15-9-8-14(18(20)21)10-16(15)25(22,23)7-2/h8-12H,6-7H2,1-5H3,(H,20,21)/b13-11+,19-17+. The van der Waals surface area contributed by atoms with Gasteiger partial charge in [0, 0.05) is 5.56 Å². The summed E-state index contributed by atoms with van der Waals surface area (Å²) in [5.41, 5.74) is 0.908. The van der Waals surface area contributed by atoms with Crippen molar-refractivity contribution < 1.29 is 23.1 Å². The number of sulfone groups is 1. The molecule has 25 heavy (non-hydrogen) atoms. The highest BCUT2D eigenvalue weighted by Crippen LogP contribution is 2.23. The number of allylic oxidation sites excluding steroid dienone is 1. The van der Waals surface area contributed by atoms with Crippen LogP contribution < -0.4 is 0 Å². The topological polar surface area (TPSA) is 93.0 Å². The third-order valence-electron chi connectivity index (χ3n) is 3.52. The van der Waals surface area contributed by atoms with Crippen molar-refractivity contribution in [3.8, 4) is 0 Å². The molecule has 7 heteroatoms. The van der Waals surface area contributed by atoms with Crippen LogP contribution in [0.15, 0.2) is 40.0 Å². The van der Waals surface area contributed by atoms with Crippen molar-refractivity contribution in [1.29, 1.82) is 0 Å². The molecule has 0 bridgehead atoms. The summed E-state index contributed by atoms with van der Waals surface area (Å²) >= 11 is 0. The van der Waals surface area contributed by atoms with E-state index in [0.29, 0.717) is 23.6 Å². The number of rotatable bonds is 8. The Kier molecular flexibility index (Phi) is 7.36. The van der Waals surface area contributed by atoms with E-state index in [0.717, 1.165) is 0 Å². The predicted octanol–water partition coefficient (Wildman–Crippen LogP) is 3.52. The normalized spacial score (nSPS) is 13.2. The highest BCUT2D eigenvalue weighted by molar-refractivity contribution is 7.91. The Labute approximate surface area is 149 Å². The maximum Gasteiger partial charge on any atom is 0.335 e. The second-order valence-corrected chi connectivity index (χ2v) is 8.01. The summed E-state index contributed by atoms with van der Waals surface area (Å²) in [5.74, 6) is -0.744. The molecule has 0 unspecified atom stereocenters. The Hall–Kier alpha value is -2.15. The van der Waals surface area contributed by atoms with Gasteiger partial charge >= 0.3 is 5.97 Å². The minimum absolute atomic E-state index is 0.00943. The number of aromatic carboxylic acids is 1. The summed E-state index contributed by atoms with van der Waals surface area (Å²) in [4.78, 5) is 15.6. The molecule has 138 valence electrons. The number of hydrogen-bond donors (Lipinski definition) is 1. The molecule has 0 radical (unpaired) electrons. The Balaban J connectivity index is 3.63. The molecule has 0 heterocycles. The number of carboxylic acid groups (broad SMARTS) is 1. The third-order valence-corrected chi connectivity index (χ3v) is 5.29. The molecule has 1 aromatic carbocycles. The van der Waals surface area contributed by atoms with Crippen LogP contribution in [0.3, 0.4) is 0 Å². The van der Waals surface area contributed by atoms with E-state index in [9.17, 15) is 18.3 Å². The zero-order valence-electron chi connectivity index (χ0n) is 15.2. The number of carbonyl (C=O) groups is 1. The first-order valence-corrected chi connectivity index (χ1v) is 9.77. The van der Waals surface area contributed by atoms with Gasteiger partial charge in [0.15, 0.2) is 9.84 Å². The number of benzene rings is 1. The zero-order valence-corrected chi connectivity index (χ0v) is 16.1. The van der Waals surface area contributed by atoms with E-state index in [1.807, 2.05) is 20.8 Å². The van der Waals surface area contributed by atoms with Crippen molar-refractivity contribution in [2.24, 2.45) is 10.9 Å². The predicted molar refractivity (Wildman–Crippen MR) is 97.9 cm³/mol. The van der Waals surface area contributed by atoms with Gasteiger partial charge in [-0.05, 0) is 31.9 Å². The molecule has 1 rings (SSSR count). The Morgan fingerprint density at radius 3 is 2.44 bits per heavy atom. The molecule has 0 aliphatic carbocycles. The van der Waals surface area contributed by atoms with Gasteiger partial charge in [0.2, 0.25) is 0 Å². The molecular weight excluding hydrogens is 342 g/mol. The lowest BCUT2D eigenvalue weighted by Crippen LogP contribution is -2.17. The van der Waals surface area contributed by atoms with Gasteiger partial charge in [-0.1, -0.05) is 26.8 Å². The van der Waals surface area contributed by atoms with Gasteiger partial charge < -0.3 is 9.84 Å². The van der Waals surface area contributed by atoms with Gasteiger partial charge in [-0.3, -0.25) is 4.99 Å². The lowest BCUT2D eigenvalue weighted by Gasteiger charge is -2.15. The van der Waals surface area contributed by atoms with Crippen LogP contribution in [0.2, 0.25) is 0 Å². The highest BCUT2D eigenvalue weighted by Gasteiger charge is 2.23. The van der Waals surface area contributed by atoms with Gasteiger partial charge in [0.1, 0.15) is 5.76 Å². The van der Waals surface area contributed by atoms with E-state index in [2.05, 4.69) is 4.99 Å². The monoisotopic (exact) mass is 367 g/mol. The summed E-state index contributed by atoms with van der Waals surface area (Å²) in [7, 11) is -3.61. The Morgan fingerprint density at radius 2 is 1.96 bits per heavy atom. The summed E-state index contributed by atoms with van der Waals surface area (Å²) in [6.45, 7) is 9.46. The van der Waals surface area contributed by atoms with Crippen molar-refractivity contribution in [1.82, 2.24) is 0 Å². The first-order valence-electron chi connectivity index (χ1n) is 8.11. The van der Waals surface area contributed by atoms with Crippen molar-refractivity contribution in [2.45, 2.75) is 39.5 Å². The maximum absolute atomic E-state index is 12.5. The first-order chi connectivity index (χ1) is 11.6. The Bertz CT molecular complexity index is 792. The molecule has 0 saturated heterocycles. The van der Waals surface area contributed by atoms with Gasteiger partial charge in [0.25, 0.3) is 0 Å². The van der Waals surface area contributed by atoms with Crippen molar-refractivity contribution >= 4 is 21.5 Å². The van der Waals surface area contributed by atoms with E-state index in [-0.39, 0.29) is 22.1 Å². The third kappa shape index (κ3) is 5.42. The number of hydrogen-bond acceptors (Lipinski definition) is 5.